The highest BCUT2D eigenvalue weighted by Crippen LogP contribution is 2.28. The van der Waals surface area contributed by atoms with Crippen LogP contribution in [0.5, 0.6) is 0 Å². The summed E-state index contributed by atoms with van der Waals surface area (Å²) in [6, 6.07) is 12.0. The van der Waals surface area contributed by atoms with Gasteiger partial charge in [0.1, 0.15) is 23.8 Å². The molecule has 0 fully saturated rings. The lowest BCUT2D eigenvalue weighted by Gasteiger charge is -2.11. The van der Waals surface area contributed by atoms with E-state index in [2.05, 4.69) is 15.1 Å². The summed E-state index contributed by atoms with van der Waals surface area (Å²) < 4.78 is 29.9. The number of hydrogen-bond acceptors (Lipinski definition) is 6. The smallest absolute Gasteiger partial charge is 0.223 e. The van der Waals surface area contributed by atoms with E-state index in [0.717, 1.165) is 0 Å². The first kappa shape index (κ1) is 18.5. The van der Waals surface area contributed by atoms with Crippen LogP contribution in [0.3, 0.4) is 0 Å². The Morgan fingerprint density at radius 3 is 2.66 bits per heavy atom. The lowest BCUT2D eigenvalue weighted by Crippen LogP contribution is -2.08. The lowest BCUT2D eigenvalue weighted by molar-refractivity contribution is 0.204. The van der Waals surface area contributed by atoms with Gasteiger partial charge < -0.3 is 10.8 Å². The maximum atomic E-state index is 14.5. The van der Waals surface area contributed by atoms with Gasteiger partial charge >= 0.3 is 0 Å². The number of hydrogen-bond donors (Lipinski definition) is 2. The molecular weight excluding hydrogens is 378 g/mol. The topological polar surface area (TPSA) is 113 Å². The summed E-state index contributed by atoms with van der Waals surface area (Å²) in [5.41, 5.74) is 6.82. The van der Waals surface area contributed by atoms with Crippen LogP contribution < -0.4 is 5.73 Å². The van der Waals surface area contributed by atoms with E-state index in [0.29, 0.717) is 5.56 Å². The summed E-state index contributed by atoms with van der Waals surface area (Å²) in [7, 11) is 0. The molecule has 144 valence electrons. The number of rotatable bonds is 3. The number of aliphatic hydroxyl groups excluding tert-OH is 1. The van der Waals surface area contributed by atoms with Crippen LogP contribution in [0.25, 0.3) is 16.9 Å². The van der Waals surface area contributed by atoms with Crippen molar-refractivity contribution >= 4 is 11.6 Å². The first-order valence-corrected chi connectivity index (χ1v) is 8.56. The molecule has 0 bridgehead atoms. The molecule has 29 heavy (non-hydrogen) atoms. The van der Waals surface area contributed by atoms with Gasteiger partial charge in [-0.3, -0.25) is 0 Å². The monoisotopic (exact) mass is 392 g/mol. The summed E-state index contributed by atoms with van der Waals surface area (Å²) in [5.74, 6) is -1.49. The molecule has 7 nitrogen and oxygen atoms in total. The van der Waals surface area contributed by atoms with Crippen molar-refractivity contribution in [1.29, 1.82) is 5.26 Å². The van der Waals surface area contributed by atoms with Gasteiger partial charge in [-0.1, -0.05) is 18.2 Å². The molecular formula is C20H14F2N6O. The van der Waals surface area contributed by atoms with Crippen LogP contribution in [-0.2, 0) is 0 Å². The zero-order valence-electron chi connectivity index (χ0n) is 15.1. The molecule has 1 atom stereocenters. The van der Waals surface area contributed by atoms with Crippen molar-refractivity contribution in [2.45, 2.75) is 13.0 Å². The van der Waals surface area contributed by atoms with Crippen LogP contribution in [0.15, 0.2) is 42.5 Å². The second-order valence-electron chi connectivity index (χ2n) is 6.39. The number of nitrogens with zero attached hydrogens (tertiary/aromatic N) is 5. The normalized spacial score (nSPS) is 12.1. The minimum atomic E-state index is -1.42. The minimum Gasteiger partial charge on any atom is -0.380 e. The number of aromatic nitrogens is 4. The maximum absolute atomic E-state index is 14.5. The predicted molar refractivity (Wildman–Crippen MR) is 101 cm³/mol. The van der Waals surface area contributed by atoms with Gasteiger partial charge in [-0.25, -0.2) is 18.7 Å². The molecule has 2 heterocycles. The summed E-state index contributed by atoms with van der Waals surface area (Å²) >= 11 is 0. The standard InChI is InChI=1S/C20H14F2N6O/c1-10-4-2-7-13(21)16(10)18(29)19-26-15-8-14(25-20(24)28(15)27-19)12-6-3-5-11(9-23)17(12)22/h2-8,18,29H,1H3,(H2,24,25). The number of aryl methyl sites for hydroxylation is 1. The lowest BCUT2D eigenvalue weighted by atomic mass is 10.0. The third kappa shape index (κ3) is 3.05. The SMILES string of the molecule is Cc1cccc(F)c1C(O)c1nc2cc(-c3cccc(C#N)c3F)nc(N)n2n1. The van der Waals surface area contributed by atoms with E-state index in [1.807, 2.05) is 0 Å². The zero-order chi connectivity index (χ0) is 20.7. The van der Waals surface area contributed by atoms with Crippen LogP contribution in [-0.4, -0.2) is 24.7 Å². The Kier molecular flexibility index (Phi) is 4.41. The number of benzene rings is 2. The first-order valence-electron chi connectivity index (χ1n) is 8.56. The van der Waals surface area contributed by atoms with Gasteiger partial charge in [0.15, 0.2) is 11.5 Å². The van der Waals surface area contributed by atoms with Gasteiger partial charge in [-0.15, -0.1) is 5.10 Å². The molecule has 0 saturated carbocycles. The third-order valence-corrected chi connectivity index (χ3v) is 4.55. The first-order chi connectivity index (χ1) is 13.9. The number of nitrogens with two attached hydrogens (primary N) is 1. The van der Waals surface area contributed by atoms with Gasteiger partial charge in [-0.05, 0) is 30.7 Å². The Labute approximate surface area is 163 Å². The fraction of sp³-hybridized carbons (Fsp3) is 0.100. The Bertz CT molecular complexity index is 1270. The van der Waals surface area contributed by atoms with Gasteiger partial charge in [-0.2, -0.15) is 9.78 Å². The van der Waals surface area contributed by atoms with E-state index in [9.17, 15) is 13.9 Å². The van der Waals surface area contributed by atoms with E-state index in [4.69, 9.17) is 11.0 Å². The average molecular weight is 392 g/mol. The van der Waals surface area contributed by atoms with E-state index < -0.39 is 17.7 Å². The number of aliphatic hydroxyl groups is 1. The molecule has 2 aromatic heterocycles. The van der Waals surface area contributed by atoms with Gasteiger partial charge in [0.25, 0.3) is 0 Å². The van der Waals surface area contributed by atoms with Crippen molar-refractivity contribution in [3.05, 3.63) is 76.6 Å². The Hall–Kier alpha value is -3.90. The highest BCUT2D eigenvalue weighted by Gasteiger charge is 2.23. The molecule has 0 aliphatic carbocycles. The molecule has 0 radical (unpaired) electrons. The van der Waals surface area contributed by atoms with Crippen molar-refractivity contribution in [2.24, 2.45) is 0 Å². The fourth-order valence-corrected chi connectivity index (χ4v) is 3.12. The van der Waals surface area contributed by atoms with Gasteiger partial charge in [0.2, 0.25) is 5.95 Å². The van der Waals surface area contributed by atoms with Crippen LogP contribution in [0.2, 0.25) is 0 Å². The minimum absolute atomic E-state index is 0.0583. The molecule has 0 spiro atoms. The van der Waals surface area contributed by atoms with E-state index in [1.54, 1.807) is 19.1 Å². The van der Waals surface area contributed by atoms with E-state index in [-0.39, 0.29) is 39.8 Å². The fourth-order valence-electron chi connectivity index (χ4n) is 3.12. The van der Waals surface area contributed by atoms with Crippen LogP contribution in [0.4, 0.5) is 14.7 Å². The average Bonchev–Trinajstić information content (AvgIpc) is 3.13. The molecule has 4 rings (SSSR count). The zero-order valence-corrected chi connectivity index (χ0v) is 15.1. The molecule has 3 N–H and O–H groups in total. The van der Waals surface area contributed by atoms with Crippen molar-refractivity contribution in [2.75, 3.05) is 5.73 Å². The second-order valence-corrected chi connectivity index (χ2v) is 6.39. The Balaban J connectivity index is 1.84. The van der Waals surface area contributed by atoms with Crippen LogP contribution in [0.1, 0.15) is 28.6 Å². The van der Waals surface area contributed by atoms with Crippen molar-refractivity contribution in [3.63, 3.8) is 0 Å². The van der Waals surface area contributed by atoms with Crippen LogP contribution in [0, 0.1) is 29.9 Å². The summed E-state index contributed by atoms with van der Waals surface area (Å²) in [4.78, 5) is 8.34. The highest BCUT2D eigenvalue weighted by atomic mass is 19.1. The largest absolute Gasteiger partial charge is 0.380 e. The molecule has 4 aromatic rings. The summed E-state index contributed by atoms with van der Waals surface area (Å²) in [6.45, 7) is 1.66. The maximum Gasteiger partial charge on any atom is 0.223 e. The Morgan fingerprint density at radius 1 is 1.17 bits per heavy atom. The molecule has 0 aliphatic rings. The van der Waals surface area contributed by atoms with Crippen molar-refractivity contribution in [3.8, 4) is 17.3 Å². The number of nitriles is 1. The van der Waals surface area contributed by atoms with E-state index in [1.165, 1.54) is 40.9 Å². The second kappa shape index (κ2) is 6.92. The molecule has 0 aliphatic heterocycles. The number of fused-ring (bicyclic) bond motifs is 1. The van der Waals surface area contributed by atoms with Gasteiger partial charge in [0.05, 0.1) is 11.3 Å². The van der Waals surface area contributed by atoms with Gasteiger partial charge in [0, 0.05) is 17.2 Å². The van der Waals surface area contributed by atoms with Crippen LogP contribution >= 0.6 is 0 Å². The molecule has 0 saturated heterocycles. The summed E-state index contributed by atoms with van der Waals surface area (Å²) in [6.07, 6.45) is -1.42. The molecule has 0 amide bonds. The highest BCUT2D eigenvalue weighted by molar-refractivity contribution is 5.67. The number of anilines is 1. The third-order valence-electron chi connectivity index (χ3n) is 4.55. The quantitative estimate of drug-likeness (QED) is 0.554. The number of nitrogen functional groups attached to an aromatic ring is 1. The van der Waals surface area contributed by atoms with Crippen molar-refractivity contribution in [1.82, 2.24) is 19.6 Å². The Morgan fingerprint density at radius 2 is 1.93 bits per heavy atom. The number of halogens is 2. The molecule has 2 aromatic carbocycles. The van der Waals surface area contributed by atoms with Crippen molar-refractivity contribution < 1.29 is 13.9 Å². The molecule has 1 unspecified atom stereocenters. The van der Waals surface area contributed by atoms with E-state index >= 15 is 0 Å². The summed E-state index contributed by atoms with van der Waals surface area (Å²) in [5, 5.41) is 23.7. The predicted octanol–water partition coefficient (Wildman–Crippen LogP) is 2.91. The molecule has 9 heteroatoms.